The number of aliphatic hydroxyl groups is 1. The van der Waals surface area contributed by atoms with Crippen molar-refractivity contribution in [1.29, 1.82) is 0 Å². The van der Waals surface area contributed by atoms with Gasteiger partial charge in [-0.1, -0.05) is 0 Å². The minimum absolute atomic E-state index is 0.0795. The minimum atomic E-state index is -0.0795. The second-order valence-corrected chi connectivity index (χ2v) is 2.78. The Morgan fingerprint density at radius 1 is 1.54 bits per heavy atom. The molecule has 0 amide bonds. The van der Waals surface area contributed by atoms with Crippen LogP contribution >= 0.6 is 0 Å². The molecule has 0 bridgehead atoms. The van der Waals surface area contributed by atoms with Crippen molar-refractivity contribution < 1.29 is 14.6 Å². The van der Waals surface area contributed by atoms with Crippen LogP contribution in [0, 0.1) is 6.92 Å². The van der Waals surface area contributed by atoms with Crippen molar-refractivity contribution in [3.8, 4) is 5.75 Å². The van der Waals surface area contributed by atoms with Crippen LogP contribution in [0.3, 0.4) is 0 Å². The number of aldehydes is 1. The van der Waals surface area contributed by atoms with Crippen LogP contribution in [-0.4, -0.2) is 18.5 Å². The molecule has 0 unspecified atom stereocenters. The van der Waals surface area contributed by atoms with E-state index in [4.69, 9.17) is 9.84 Å². The zero-order chi connectivity index (χ0) is 9.84. The molecular weight excluding hydrogens is 168 g/mol. The fraction of sp³-hybridized carbons (Fsp3) is 0.300. The summed E-state index contributed by atoms with van der Waals surface area (Å²) in [7, 11) is 1.54. The van der Waals surface area contributed by atoms with Gasteiger partial charge in [0.2, 0.25) is 0 Å². The first-order valence-electron chi connectivity index (χ1n) is 3.96. The van der Waals surface area contributed by atoms with E-state index < -0.39 is 0 Å². The second kappa shape index (κ2) is 4.05. The fourth-order valence-electron chi connectivity index (χ4n) is 1.21. The molecule has 0 saturated carbocycles. The van der Waals surface area contributed by atoms with Crippen LogP contribution in [-0.2, 0) is 6.61 Å². The van der Waals surface area contributed by atoms with E-state index >= 15 is 0 Å². The molecule has 0 spiro atoms. The molecule has 0 fully saturated rings. The Labute approximate surface area is 77.0 Å². The number of ether oxygens (including phenoxy) is 1. The van der Waals surface area contributed by atoms with Gasteiger partial charge in [0.25, 0.3) is 0 Å². The number of aliphatic hydroxyl groups excluding tert-OH is 1. The van der Waals surface area contributed by atoms with E-state index in [2.05, 4.69) is 0 Å². The maximum Gasteiger partial charge on any atom is 0.150 e. The summed E-state index contributed by atoms with van der Waals surface area (Å²) in [5.74, 6) is 0.633. The van der Waals surface area contributed by atoms with E-state index in [0.29, 0.717) is 11.3 Å². The summed E-state index contributed by atoms with van der Waals surface area (Å²) >= 11 is 0. The maximum atomic E-state index is 10.5. The lowest BCUT2D eigenvalue weighted by atomic mass is 10.0. The number of hydrogen-bond donors (Lipinski definition) is 1. The first-order chi connectivity index (χ1) is 6.22. The number of rotatable bonds is 3. The van der Waals surface area contributed by atoms with Crippen LogP contribution in [0.4, 0.5) is 0 Å². The summed E-state index contributed by atoms with van der Waals surface area (Å²) in [6, 6.07) is 3.31. The van der Waals surface area contributed by atoms with Gasteiger partial charge in [-0.25, -0.2) is 0 Å². The molecule has 13 heavy (non-hydrogen) atoms. The Hall–Kier alpha value is -1.35. The molecule has 0 aliphatic carbocycles. The Morgan fingerprint density at radius 2 is 2.23 bits per heavy atom. The van der Waals surface area contributed by atoms with E-state index in [1.54, 1.807) is 12.1 Å². The molecule has 0 aromatic heterocycles. The lowest BCUT2D eigenvalue weighted by Crippen LogP contribution is -1.96. The van der Waals surface area contributed by atoms with Crippen LogP contribution in [0.2, 0.25) is 0 Å². The Bertz CT molecular complexity index is 293. The monoisotopic (exact) mass is 180 g/mol. The fourth-order valence-corrected chi connectivity index (χ4v) is 1.21. The SMILES string of the molecule is COc1cc(C=O)cc(CO)c1C. The maximum absolute atomic E-state index is 10.5. The second-order valence-electron chi connectivity index (χ2n) is 2.78. The number of carbonyl (C=O) groups excluding carboxylic acids is 1. The van der Waals surface area contributed by atoms with E-state index in [-0.39, 0.29) is 6.61 Å². The van der Waals surface area contributed by atoms with Crippen LogP contribution in [0.15, 0.2) is 12.1 Å². The molecule has 0 saturated heterocycles. The highest BCUT2D eigenvalue weighted by atomic mass is 16.5. The molecule has 0 aliphatic rings. The third kappa shape index (κ3) is 1.87. The number of hydrogen-bond acceptors (Lipinski definition) is 3. The Balaban J connectivity index is 3.28. The molecule has 0 radical (unpaired) electrons. The van der Waals surface area contributed by atoms with Gasteiger partial charge >= 0.3 is 0 Å². The van der Waals surface area contributed by atoms with Gasteiger partial charge in [-0.05, 0) is 30.2 Å². The van der Waals surface area contributed by atoms with Crippen molar-refractivity contribution in [2.45, 2.75) is 13.5 Å². The molecule has 3 heteroatoms. The zero-order valence-corrected chi connectivity index (χ0v) is 7.70. The van der Waals surface area contributed by atoms with E-state index in [9.17, 15) is 4.79 Å². The van der Waals surface area contributed by atoms with Gasteiger partial charge in [0.05, 0.1) is 13.7 Å². The van der Waals surface area contributed by atoms with Crippen molar-refractivity contribution in [3.63, 3.8) is 0 Å². The van der Waals surface area contributed by atoms with E-state index in [0.717, 1.165) is 17.4 Å². The highest BCUT2D eigenvalue weighted by molar-refractivity contribution is 5.76. The first-order valence-corrected chi connectivity index (χ1v) is 3.96. The van der Waals surface area contributed by atoms with Gasteiger partial charge in [0.1, 0.15) is 12.0 Å². The van der Waals surface area contributed by atoms with Gasteiger partial charge in [-0.3, -0.25) is 4.79 Å². The number of carbonyl (C=O) groups is 1. The molecule has 3 nitrogen and oxygen atoms in total. The van der Waals surface area contributed by atoms with E-state index in [1.807, 2.05) is 6.92 Å². The summed E-state index contributed by atoms with van der Waals surface area (Å²) in [4.78, 5) is 10.5. The summed E-state index contributed by atoms with van der Waals surface area (Å²) in [6.45, 7) is 1.77. The molecule has 0 aliphatic heterocycles. The first kappa shape index (κ1) is 9.74. The van der Waals surface area contributed by atoms with Crippen molar-refractivity contribution in [2.24, 2.45) is 0 Å². The highest BCUT2D eigenvalue weighted by Gasteiger charge is 2.06. The normalized spacial score (nSPS) is 9.77. The lowest BCUT2D eigenvalue weighted by molar-refractivity contribution is 0.112. The van der Waals surface area contributed by atoms with Crippen molar-refractivity contribution in [2.75, 3.05) is 7.11 Å². The third-order valence-corrected chi connectivity index (χ3v) is 2.02. The van der Waals surface area contributed by atoms with Crippen LogP contribution in [0.5, 0.6) is 5.75 Å². The minimum Gasteiger partial charge on any atom is -0.496 e. The summed E-state index contributed by atoms with van der Waals surface area (Å²) < 4.78 is 5.06. The Morgan fingerprint density at radius 3 is 2.69 bits per heavy atom. The van der Waals surface area contributed by atoms with Crippen LogP contribution in [0.25, 0.3) is 0 Å². The van der Waals surface area contributed by atoms with E-state index in [1.165, 1.54) is 7.11 Å². The van der Waals surface area contributed by atoms with Crippen molar-refractivity contribution in [1.82, 2.24) is 0 Å². The number of methoxy groups -OCH3 is 1. The molecular formula is C10H12O3. The lowest BCUT2D eigenvalue weighted by Gasteiger charge is -2.09. The summed E-state index contributed by atoms with van der Waals surface area (Å²) in [5, 5.41) is 8.99. The zero-order valence-electron chi connectivity index (χ0n) is 7.70. The van der Waals surface area contributed by atoms with Gasteiger partial charge in [0.15, 0.2) is 0 Å². The summed E-state index contributed by atoms with van der Waals surface area (Å²) in [5.41, 5.74) is 2.11. The average molecular weight is 180 g/mol. The number of benzene rings is 1. The molecule has 1 rings (SSSR count). The van der Waals surface area contributed by atoms with Crippen LogP contribution in [0.1, 0.15) is 21.5 Å². The van der Waals surface area contributed by atoms with Crippen LogP contribution < -0.4 is 4.74 Å². The largest absolute Gasteiger partial charge is 0.496 e. The predicted molar refractivity (Wildman–Crippen MR) is 49.0 cm³/mol. The molecule has 1 aromatic rings. The van der Waals surface area contributed by atoms with Gasteiger partial charge in [-0.2, -0.15) is 0 Å². The smallest absolute Gasteiger partial charge is 0.150 e. The highest BCUT2D eigenvalue weighted by Crippen LogP contribution is 2.22. The quantitative estimate of drug-likeness (QED) is 0.713. The van der Waals surface area contributed by atoms with Gasteiger partial charge in [-0.15, -0.1) is 0 Å². The molecule has 1 N–H and O–H groups in total. The van der Waals surface area contributed by atoms with Gasteiger partial charge < -0.3 is 9.84 Å². The van der Waals surface area contributed by atoms with Gasteiger partial charge in [0, 0.05) is 5.56 Å². The molecule has 0 atom stereocenters. The molecule has 70 valence electrons. The molecule has 0 heterocycles. The molecule has 1 aromatic carbocycles. The average Bonchev–Trinajstić information content (AvgIpc) is 2.18. The van der Waals surface area contributed by atoms with Crippen molar-refractivity contribution in [3.05, 3.63) is 28.8 Å². The topological polar surface area (TPSA) is 46.5 Å². The van der Waals surface area contributed by atoms with Crippen molar-refractivity contribution >= 4 is 6.29 Å². The summed E-state index contributed by atoms with van der Waals surface area (Å²) in [6.07, 6.45) is 0.737. The standard InChI is InChI=1S/C10H12O3/c1-7-9(6-12)3-8(5-11)4-10(7)13-2/h3-5,12H,6H2,1-2H3. The third-order valence-electron chi connectivity index (χ3n) is 2.02. The Kier molecular flexibility index (Phi) is 3.03. The predicted octanol–water partition coefficient (Wildman–Crippen LogP) is 1.31.